The van der Waals surface area contributed by atoms with E-state index in [1.54, 1.807) is 11.9 Å². The minimum atomic E-state index is -0.0422. The molecule has 1 aromatic rings. The van der Waals surface area contributed by atoms with Gasteiger partial charge in [-0.05, 0) is 20.3 Å². The van der Waals surface area contributed by atoms with Gasteiger partial charge >= 0.3 is 0 Å². The van der Waals surface area contributed by atoms with E-state index >= 15 is 0 Å². The van der Waals surface area contributed by atoms with E-state index < -0.39 is 0 Å². The number of nitrogens with zero attached hydrogens (tertiary/aromatic N) is 4. The van der Waals surface area contributed by atoms with Crippen LogP contribution >= 0.6 is 0 Å². The summed E-state index contributed by atoms with van der Waals surface area (Å²) in [6.07, 6.45) is 2.11. The van der Waals surface area contributed by atoms with Crippen molar-refractivity contribution in [3.63, 3.8) is 0 Å². The van der Waals surface area contributed by atoms with Crippen LogP contribution in [0.1, 0.15) is 45.3 Å². The van der Waals surface area contributed by atoms with Crippen LogP contribution in [0.3, 0.4) is 0 Å². The molecule has 1 saturated heterocycles. The molecule has 0 spiro atoms. The Kier molecular flexibility index (Phi) is 6.53. The number of carbonyl (C=O) groups excluding carboxylic acids is 1. The summed E-state index contributed by atoms with van der Waals surface area (Å²) in [7, 11) is 1.76. The molecule has 0 radical (unpaired) electrons. The highest BCUT2D eigenvalue weighted by Crippen LogP contribution is 2.13. The summed E-state index contributed by atoms with van der Waals surface area (Å²) in [4.78, 5) is 20.6. The standard InChI is InChI=1S/C16H28N4O3/c1-5-6-14-17-15(23-18-14)11-19(4)16(21)9-13-10-20(12(2)3)7-8-22-13/h12-13H,5-11H2,1-4H3/t13-/m1/s1. The number of ether oxygens (including phenoxy) is 1. The highest BCUT2D eigenvalue weighted by Gasteiger charge is 2.26. The summed E-state index contributed by atoms with van der Waals surface area (Å²) in [5, 5.41) is 3.91. The number of aryl methyl sites for hydroxylation is 1. The Morgan fingerprint density at radius 1 is 1.48 bits per heavy atom. The van der Waals surface area contributed by atoms with Gasteiger partial charge in [0.1, 0.15) is 0 Å². The normalized spacial score (nSPS) is 19.3. The molecule has 2 heterocycles. The van der Waals surface area contributed by atoms with Crippen molar-refractivity contribution in [2.24, 2.45) is 0 Å². The number of rotatable bonds is 7. The van der Waals surface area contributed by atoms with Crippen LogP contribution in [0.4, 0.5) is 0 Å². The van der Waals surface area contributed by atoms with Crippen molar-refractivity contribution in [3.8, 4) is 0 Å². The third-order valence-corrected chi connectivity index (χ3v) is 4.08. The second kappa shape index (κ2) is 8.40. The zero-order chi connectivity index (χ0) is 16.8. The predicted octanol–water partition coefficient (Wildman–Crippen LogP) is 1.48. The molecule has 7 heteroatoms. The van der Waals surface area contributed by atoms with Crippen molar-refractivity contribution in [1.29, 1.82) is 0 Å². The molecule has 0 bridgehead atoms. The lowest BCUT2D eigenvalue weighted by molar-refractivity contribution is -0.136. The molecule has 1 aliphatic rings. The van der Waals surface area contributed by atoms with Gasteiger partial charge in [-0.25, -0.2) is 0 Å². The van der Waals surface area contributed by atoms with Crippen LogP contribution in [0, 0.1) is 0 Å². The Morgan fingerprint density at radius 3 is 2.96 bits per heavy atom. The molecular formula is C16H28N4O3. The van der Waals surface area contributed by atoms with E-state index in [-0.39, 0.29) is 12.0 Å². The second-order valence-corrected chi connectivity index (χ2v) is 6.39. The summed E-state index contributed by atoms with van der Waals surface area (Å²) < 4.78 is 10.9. The maximum Gasteiger partial charge on any atom is 0.246 e. The maximum absolute atomic E-state index is 12.4. The van der Waals surface area contributed by atoms with Gasteiger partial charge in [-0.3, -0.25) is 9.69 Å². The largest absolute Gasteiger partial charge is 0.375 e. The Labute approximate surface area is 138 Å². The smallest absolute Gasteiger partial charge is 0.246 e. The van der Waals surface area contributed by atoms with E-state index in [1.165, 1.54) is 0 Å². The number of carbonyl (C=O) groups is 1. The fourth-order valence-corrected chi connectivity index (χ4v) is 2.66. The minimum Gasteiger partial charge on any atom is -0.375 e. The molecule has 0 aliphatic carbocycles. The molecule has 0 unspecified atom stereocenters. The van der Waals surface area contributed by atoms with Crippen LogP contribution in [0.15, 0.2) is 4.52 Å². The molecule has 0 aromatic carbocycles. The Balaban J connectivity index is 1.82. The van der Waals surface area contributed by atoms with E-state index in [4.69, 9.17) is 9.26 Å². The zero-order valence-electron chi connectivity index (χ0n) is 14.6. The quantitative estimate of drug-likeness (QED) is 0.756. The van der Waals surface area contributed by atoms with E-state index in [1.807, 2.05) is 0 Å². The Hall–Kier alpha value is -1.47. The van der Waals surface area contributed by atoms with Gasteiger partial charge in [0.2, 0.25) is 11.8 Å². The first-order valence-electron chi connectivity index (χ1n) is 8.40. The Bertz CT molecular complexity index is 503. The predicted molar refractivity (Wildman–Crippen MR) is 85.8 cm³/mol. The first-order valence-corrected chi connectivity index (χ1v) is 8.40. The monoisotopic (exact) mass is 324 g/mol. The van der Waals surface area contributed by atoms with Crippen molar-refractivity contribution in [1.82, 2.24) is 19.9 Å². The van der Waals surface area contributed by atoms with E-state index in [0.29, 0.717) is 37.3 Å². The summed E-state index contributed by atoms with van der Waals surface area (Å²) in [5.74, 6) is 1.22. The van der Waals surface area contributed by atoms with E-state index in [0.717, 1.165) is 25.9 Å². The van der Waals surface area contributed by atoms with Gasteiger partial charge in [0.25, 0.3) is 0 Å². The van der Waals surface area contributed by atoms with Crippen LogP contribution in [0.25, 0.3) is 0 Å². The second-order valence-electron chi connectivity index (χ2n) is 6.39. The van der Waals surface area contributed by atoms with Crippen molar-refractivity contribution >= 4 is 5.91 Å². The molecule has 130 valence electrons. The van der Waals surface area contributed by atoms with Gasteiger partial charge in [0, 0.05) is 32.6 Å². The number of hydrogen-bond donors (Lipinski definition) is 0. The van der Waals surface area contributed by atoms with Crippen molar-refractivity contribution in [3.05, 3.63) is 11.7 Å². The average molecular weight is 324 g/mol. The number of aromatic nitrogens is 2. The number of amides is 1. The molecule has 1 amide bonds. The maximum atomic E-state index is 12.4. The van der Waals surface area contributed by atoms with Gasteiger partial charge < -0.3 is 14.2 Å². The highest BCUT2D eigenvalue weighted by molar-refractivity contribution is 5.76. The Morgan fingerprint density at radius 2 is 2.26 bits per heavy atom. The molecule has 23 heavy (non-hydrogen) atoms. The molecule has 1 fully saturated rings. The highest BCUT2D eigenvalue weighted by atomic mass is 16.5. The number of morpholine rings is 1. The molecule has 2 rings (SSSR count). The van der Waals surface area contributed by atoms with Crippen molar-refractivity contribution < 1.29 is 14.1 Å². The van der Waals surface area contributed by atoms with Crippen LogP contribution < -0.4 is 0 Å². The zero-order valence-corrected chi connectivity index (χ0v) is 14.6. The SMILES string of the molecule is CCCc1noc(CN(C)C(=O)C[C@@H]2CN(C(C)C)CCO2)n1. The summed E-state index contributed by atoms with van der Waals surface area (Å²) >= 11 is 0. The fraction of sp³-hybridized carbons (Fsp3) is 0.812. The molecule has 1 aromatic heterocycles. The lowest BCUT2D eigenvalue weighted by Crippen LogP contribution is -2.47. The molecule has 0 N–H and O–H groups in total. The molecule has 0 saturated carbocycles. The lowest BCUT2D eigenvalue weighted by Gasteiger charge is -2.35. The third kappa shape index (κ3) is 5.28. The van der Waals surface area contributed by atoms with E-state index in [2.05, 4.69) is 35.8 Å². The van der Waals surface area contributed by atoms with Gasteiger partial charge in [-0.1, -0.05) is 12.1 Å². The van der Waals surface area contributed by atoms with Crippen LogP contribution in [-0.4, -0.2) is 64.7 Å². The fourth-order valence-electron chi connectivity index (χ4n) is 2.66. The summed E-state index contributed by atoms with van der Waals surface area (Å²) in [5.41, 5.74) is 0. The minimum absolute atomic E-state index is 0.0378. The first-order chi connectivity index (χ1) is 11.0. The van der Waals surface area contributed by atoms with Crippen LogP contribution in [0.5, 0.6) is 0 Å². The van der Waals surface area contributed by atoms with Gasteiger partial charge in [-0.15, -0.1) is 0 Å². The van der Waals surface area contributed by atoms with Crippen LogP contribution in [-0.2, 0) is 22.5 Å². The van der Waals surface area contributed by atoms with Gasteiger partial charge in [0.05, 0.1) is 25.7 Å². The summed E-state index contributed by atoms with van der Waals surface area (Å²) in [6, 6.07) is 0.476. The molecule has 1 aliphatic heterocycles. The van der Waals surface area contributed by atoms with Crippen LogP contribution in [0.2, 0.25) is 0 Å². The third-order valence-electron chi connectivity index (χ3n) is 4.08. The lowest BCUT2D eigenvalue weighted by atomic mass is 10.1. The molecular weight excluding hydrogens is 296 g/mol. The number of hydrogen-bond acceptors (Lipinski definition) is 6. The van der Waals surface area contributed by atoms with Crippen molar-refractivity contribution in [2.75, 3.05) is 26.7 Å². The average Bonchev–Trinajstić information content (AvgIpc) is 2.95. The summed E-state index contributed by atoms with van der Waals surface area (Å²) in [6.45, 7) is 9.16. The van der Waals surface area contributed by atoms with Gasteiger partial charge in [0.15, 0.2) is 5.82 Å². The van der Waals surface area contributed by atoms with Crippen molar-refractivity contribution in [2.45, 2.75) is 58.7 Å². The topological polar surface area (TPSA) is 71.7 Å². The first kappa shape index (κ1) is 17.9. The molecule has 1 atom stereocenters. The van der Waals surface area contributed by atoms with E-state index in [9.17, 15) is 4.79 Å². The van der Waals surface area contributed by atoms with Gasteiger partial charge in [-0.2, -0.15) is 4.98 Å². The molecule has 7 nitrogen and oxygen atoms in total.